The highest BCUT2D eigenvalue weighted by Gasteiger charge is 2.47. The number of allylic oxidation sites excluding steroid dienone is 1. The summed E-state index contributed by atoms with van der Waals surface area (Å²) in [5.41, 5.74) is 9.23. The Bertz CT molecular complexity index is 1200. The molecule has 33 heavy (non-hydrogen) atoms. The van der Waals surface area contributed by atoms with E-state index >= 15 is 0 Å². The van der Waals surface area contributed by atoms with Crippen molar-refractivity contribution < 1.29 is 9.13 Å². The molecule has 2 fully saturated rings. The molecule has 6 rings (SSSR count). The van der Waals surface area contributed by atoms with Crippen molar-refractivity contribution >= 4 is 16.8 Å². The number of benzene rings is 3. The largest absolute Gasteiger partial charge is 0.497 e. The summed E-state index contributed by atoms with van der Waals surface area (Å²) < 4.78 is 19.2. The van der Waals surface area contributed by atoms with Gasteiger partial charge in [-0.15, -0.1) is 0 Å². The van der Waals surface area contributed by atoms with Crippen LogP contribution in [-0.2, 0) is 6.42 Å². The van der Waals surface area contributed by atoms with Crippen molar-refractivity contribution in [3.8, 4) is 5.75 Å². The van der Waals surface area contributed by atoms with Gasteiger partial charge in [-0.25, -0.2) is 4.39 Å². The van der Waals surface area contributed by atoms with E-state index in [0.29, 0.717) is 5.41 Å². The number of fused-ring (bicyclic) bond motifs is 1. The van der Waals surface area contributed by atoms with Gasteiger partial charge < -0.3 is 15.0 Å². The molecule has 0 amide bonds. The van der Waals surface area contributed by atoms with Gasteiger partial charge in [0.05, 0.1) is 7.11 Å². The van der Waals surface area contributed by atoms with Crippen LogP contribution in [-0.4, -0.2) is 33.3 Å². The second-order valence-corrected chi connectivity index (χ2v) is 9.74. The van der Waals surface area contributed by atoms with Crippen molar-refractivity contribution in [2.75, 3.05) is 38.2 Å². The first-order valence-electron chi connectivity index (χ1n) is 11.9. The van der Waals surface area contributed by atoms with Gasteiger partial charge in [0.1, 0.15) is 11.6 Å². The van der Waals surface area contributed by atoms with Crippen molar-refractivity contribution in [2.45, 2.75) is 19.3 Å². The Balaban J connectivity index is 1.43. The van der Waals surface area contributed by atoms with Crippen LogP contribution in [0.1, 0.15) is 35.1 Å². The second-order valence-electron chi connectivity index (χ2n) is 9.74. The highest BCUT2D eigenvalue weighted by Crippen LogP contribution is 2.42. The van der Waals surface area contributed by atoms with Crippen LogP contribution >= 0.6 is 0 Å². The zero-order chi connectivity index (χ0) is 22.4. The van der Waals surface area contributed by atoms with Crippen LogP contribution in [0.5, 0.6) is 5.75 Å². The lowest BCUT2D eigenvalue weighted by molar-refractivity contribution is 0.121. The zero-order valence-corrected chi connectivity index (χ0v) is 19.0. The first kappa shape index (κ1) is 20.5. The van der Waals surface area contributed by atoms with Gasteiger partial charge in [0, 0.05) is 37.3 Å². The summed E-state index contributed by atoms with van der Waals surface area (Å²) in [6, 6.07) is 22.4. The molecule has 2 aliphatic heterocycles. The maximum Gasteiger partial charge on any atom is 0.123 e. The molecule has 4 heteroatoms. The third-order valence-corrected chi connectivity index (χ3v) is 7.52. The van der Waals surface area contributed by atoms with Crippen LogP contribution in [0.3, 0.4) is 0 Å². The summed E-state index contributed by atoms with van der Waals surface area (Å²) in [7, 11) is 1.72. The lowest BCUT2D eigenvalue weighted by Gasteiger charge is -2.57. The first-order valence-corrected chi connectivity index (χ1v) is 11.9. The molecule has 2 heterocycles. The third-order valence-electron chi connectivity index (χ3n) is 7.52. The molecule has 0 unspecified atom stereocenters. The van der Waals surface area contributed by atoms with Gasteiger partial charge in [-0.05, 0) is 89.1 Å². The Kier molecular flexibility index (Phi) is 4.99. The normalized spacial score (nSPS) is 18.9. The number of anilines is 1. The van der Waals surface area contributed by atoms with E-state index in [0.717, 1.165) is 56.8 Å². The maximum atomic E-state index is 13.7. The SMILES string of the molecule is COc1ccc2c(c1)CCCC(c1ccc(F)cc1)=C2c1ccc(N2CC3(CNC3)C2)cc1. The third kappa shape index (κ3) is 3.63. The fraction of sp³-hybridized carbons (Fsp3) is 0.310. The molecule has 1 spiro atoms. The fourth-order valence-corrected chi connectivity index (χ4v) is 5.65. The average molecular weight is 441 g/mol. The number of aryl methyl sites for hydroxylation is 1. The maximum absolute atomic E-state index is 13.7. The van der Waals surface area contributed by atoms with Crippen LogP contribution in [0, 0.1) is 11.2 Å². The van der Waals surface area contributed by atoms with E-state index in [4.69, 9.17) is 4.74 Å². The average Bonchev–Trinajstić information content (AvgIpc) is 2.97. The predicted molar refractivity (Wildman–Crippen MR) is 132 cm³/mol. The van der Waals surface area contributed by atoms with Crippen molar-refractivity contribution in [1.29, 1.82) is 0 Å². The molecule has 0 atom stereocenters. The molecule has 3 aromatic rings. The molecule has 1 N–H and O–H groups in total. The molecule has 3 nitrogen and oxygen atoms in total. The Morgan fingerprint density at radius 2 is 1.61 bits per heavy atom. The molecule has 2 saturated heterocycles. The second kappa shape index (κ2) is 8.03. The summed E-state index contributed by atoms with van der Waals surface area (Å²) in [5, 5.41) is 3.41. The van der Waals surface area contributed by atoms with Crippen molar-refractivity contribution in [2.24, 2.45) is 5.41 Å². The minimum atomic E-state index is -0.196. The molecular weight excluding hydrogens is 411 g/mol. The summed E-state index contributed by atoms with van der Waals surface area (Å²) in [6.07, 6.45) is 3.02. The van der Waals surface area contributed by atoms with Crippen LogP contribution in [0.4, 0.5) is 10.1 Å². The summed E-state index contributed by atoms with van der Waals surface area (Å²) in [6.45, 7) is 4.59. The van der Waals surface area contributed by atoms with Crippen LogP contribution in [0.2, 0.25) is 0 Å². The van der Waals surface area contributed by atoms with Gasteiger partial charge in [0.15, 0.2) is 0 Å². The number of ether oxygens (including phenoxy) is 1. The molecule has 0 radical (unpaired) electrons. The van der Waals surface area contributed by atoms with E-state index in [1.54, 1.807) is 19.2 Å². The van der Waals surface area contributed by atoms with Gasteiger partial charge in [-0.3, -0.25) is 0 Å². The number of rotatable bonds is 4. The lowest BCUT2D eigenvalue weighted by Crippen LogP contribution is -2.71. The van der Waals surface area contributed by atoms with Crippen molar-refractivity contribution in [3.05, 3.63) is 94.8 Å². The molecular formula is C29H29FN2O. The predicted octanol–water partition coefficient (Wildman–Crippen LogP) is 5.54. The summed E-state index contributed by atoms with van der Waals surface area (Å²) >= 11 is 0. The Morgan fingerprint density at radius 3 is 2.27 bits per heavy atom. The van der Waals surface area contributed by atoms with Gasteiger partial charge >= 0.3 is 0 Å². The van der Waals surface area contributed by atoms with E-state index < -0.39 is 0 Å². The molecule has 3 aromatic carbocycles. The van der Waals surface area contributed by atoms with E-state index in [1.165, 1.54) is 33.5 Å². The van der Waals surface area contributed by atoms with Crippen LogP contribution < -0.4 is 15.0 Å². The number of hydrogen-bond donors (Lipinski definition) is 1. The molecule has 0 saturated carbocycles. The van der Waals surface area contributed by atoms with Crippen LogP contribution in [0.15, 0.2) is 66.7 Å². The molecule has 0 bridgehead atoms. The van der Waals surface area contributed by atoms with Crippen molar-refractivity contribution in [1.82, 2.24) is 5.32 Å². The molecule has 3 aliphatic rings. The monoisotopic (exact) mass is 440 g/mol. The smallest absolute Gasteiger partial charge is 0.123 e. The van der Waals surface area contributed by atoms with Gasteiger partial charge in [0.25, 0.3) is 0 Å². The van der Waals surface area contributed by atoms with E-state index in [-0.39, 0.29) is 5.82 Å². The number of halogens is 1. The topological polar surface area (TPSA) is 24.5 Å². The van der Waals surface area contributed by atoms with Crippen molar-refractivity contribution in [3.63, 3.8) is 0 Å². The number of methoxy groups -OCH3 is 1. The van der Waals surface area contributed by atoms with E-state index in [1.807, 2.05) is 18.2 Å². The minimum absolute atomic E-state index is 0.196. The van der Waals surface area contributed by atoms with Gasteiger partial charge in [-0.1, -0.05) is 30.3 Å². The molecule has 1 aliphatic carbocycles. The Hall–Kier alpha value is -3.11. The standard InChI is InChI=1S/C29H29FN2O/c1-33-25-13-14-27-22(15-25)3-2-4-26(20-5-9-23(30)10-6-20)28(27)21-7-11-24(12-8-21)32-18-29(19-32)16-31-17-29/h5-15,31H,2-4,16-19H2,1H3. The zero-order valence-electron chi connectivity index (χ0n) is 19.0. The van der Waals surface area contributed by atoms with Crippen LogP contribution in [0.25, 0.3) is 11.1 Å². The highest BCUT2D eigenvalue weighted by molar-refractivity contribution is 6.00. The molecule has 168 valence electrons. The highest BCUT2D eigenvalue weighted by atomic mass is 19.1. The molecule has 0 aromatic heterocycles. The summed E-state index contributed by atoms with van der Waals surface area (Å²) in [4.78, 5) is 2.48. The Labute approximate surface area is 194 Å². The first-order chi connectivity index (χ1) is 16.1. The fourth-order valence-electron chi connectivity index (χ4n) is 5.65. The lowest BCUT2D eigenvalue weighted by atomic mass is 9.74. The van der Waals surface area contributed by atoms with Gasteiger partial charge in [0.2, 0.25) is 0 Å². The Morgan fingerprint density at radius 1 is 0.879 bits per heavy atom. The number of nitrogens with one attached hydrogen (secondary N) is 1. The number of nitrogens with zero attached hydrogens (tertiary/aromatic N) is 1. The summed E-state index contributed by atoms with van der Waals surface area (Å²) in [5.74, 6) is 0.698. The quantitative estimate of drug-likeness (QED) is 0.577. The number of hydrogen-bond acceptors (Lipinski definition) is 3. The van der Waals surface area contributed by atoms with E-state index in [9.17, 15) is 4.39 Å². The van der Waals surface area contributed by atoms with E-state index in [2.05, 4.69) is 46.6 Å². The van der Waals surface area contributed by atoms with Gasteiger partial charge in [-0.2, -0.15) is 0 Å². The minimum Gasteiger partial charge on any atom is -0.497 e.